The van der Waals surface area contributed by atoms with Crippen LogP contribution in [-0.4, -0.2) is 40.3 Å². The highest BCUT2D eigenvalue weighted by molar-refractivity contribution is 5.95. The zero-order valence-corrected chi connectivity index (χ0v) is 13.3. The maximum atomic E-state index is 13.8. The lowest BCUT2D eigenvalue weighted by atomic mass is 9.94. The van der Waals surface area contributed by atoms with Crippen LogP contribution >= 0.6 is 0 Å². The number of nitrogens with zero attached hydrogens (tertiary/aromatic N) is 3. The Bertz CT molecular complexity index is 714. The molecular formula is C17H20FN3O2. The van der Waals surface area contributed by atoms with Gasteiger partial charge in [0.2, 0.25) is 0 Å². The number of rotatable bonds is 5. The molecule has 1 aromatic carbocycles. The average Bonchev–Trinajstić information content (AvgIpc) is 2.87. The largest absolute Gasteiger partial charge is 0.378 e. The van der Waals surface area contributed by atoms with Gasteiger partial charge in [0.05, 0.1) is 24.1 Å². The number of benzene rings is 1. The van der Waals surface area contributed by atoms with Gasteiger partial charge in [-0.3, -0.25) is 9.48 Å². The first-order chi connectivity index (χ1) is 11.1. The summed E-state index contributed by atoms with van der Waals surface area (Å²) in [6.45, 7) is 1.03. The van der Waals surface area contributed by atoms with Gasteiger partial charge >= 0.3 is 0 Å². The first kappa shape index (κ1) is 15.7. The van der Waals surface area contributed by atoms with Gasteiger partial charge in [0.1, 0.15) is 5.82 Å². The van der Waals surface area contributed by atoms with Crippen LogP contribution in [0.2, 0.25) is 0 Å². The topological polar surface area (TPSA) is 47.4 Å². The van der Waals surface area contributed by atoms with Crippen molar-refractivity contribution in [1.29, 1.82) is 0 Å². The molecule has 5 nitrogen and oxygen atoms in total. The van der Waals surface area contributed by atoms with Crippen LogP contribution in [0, 0.1) is 5.82 Å². The molecule has 1 fully saturated rings. The quantitative estimate of drug-likeness (QED) is 0.849. The third-order valence-electron chi connectivity index (χ3n) is 4.39. The second-order valence-electron chi connectivity index (χ2n) is 5.80. The number of hydrogen-bond acceptors (Lipinski definition) is 3. The van der Waals surface area contributed by atoms with Gasteiger partial charge in [0.15, 0.2) is 0 Å². The van der Waals surface area contributed by atoms with E-state index in [-0.39, 0.29) is 17.8 Å². The Kier molecular flexibility index (Phi) is 4.43. The summed E-state index contributed by atoms with van der Waals surface area (Å²) in [6.07, 6.45) is 3.01. The molecule has 0 bridgehead atoms. The van der Waals surface area contributed by atoms with E-state index >= 15 is 0 Å². The van der Waals surface area contributed by atoms with E-state index in [1.807, 2.05) is 6.07 Å². The van der Waals surface area contributed by atoms with Crippen molar-refractivity contribution < 1.29 is 13.9 Å². The molecule has 1 aliphatic rings. The highest BCUT2D eigenvalue weighted by atomic mass is 19.1. The monoisotopic (exact) mass is 317 g/mol. The Balaban J connectivity index is 1.75. The molecule has 0 aliphatic carbocycles. The molecule has 0 spiro atoms. The summed E-state index contributed by atoms with van der Waals surface area (Å²) in [4.78, 5) is 14.5. The van der Waals surface area contributed by atoms with Crippen molar-refractivity contribution in [1.82, 2.24) is 14.7 Å². The first-order valence-electron chi connectivity index (χ1n) is 7.66. The Labute approximate surface area is 134 Å². The number of hydrogen-bond donors (Lipinski definition) is 0. The van der Waals surface area contributed by atoms with Crippen LogP contribution in [0.5, 0.6) is 0 Å². The summed E-state index contributed by atoms with van der Waals surface area (Å²) in [6, 6.07) is 6.76. The lowest BCUT2D eigenvalue weighted by Gasteiger charge is -2.41. The number of carbonyl (C=O) groups is 1. The molecule has 2 heterocycles. The molecule has 1 atom stereocenters. The van der Waals surface area contributed by atoms with E-state index in [0.29, 0.717) is 30.7 Å². The minimum atomic E-state index is -0.215. The standard InChI is InChI=1S/C17H20FN3O2/c1-20-16(11-23-2)14(10-19-20)17(22)21-8-7-13(21)9-12-5-3-4-6-15(12)18/h3-6,10,13H,7-9,11H2,1-2H3. The van der Waals surface area contributed by atoms with E-state index in [1.165, 1.54) is 6.07 Å². The van der Waals surface area contributed by atoms with Gasteiger partial charge in [0, 0.05) is 26.7 Å². The second kappa shape index (κ2) is 6.50. The number of amides is 1. The lowest BCUT2D eigenvalue weighted by molar-refractivity contribution is 0.0458. The predicted molar refractivity (Wildman–Crippen MR) is 83.5 cm³/mol. The van der Waals surface area contributed by atoms with Crippen LogP contribution in [0.15, 0.2) is 30.5 Å². The van der Waals surface area contributed by atoms with Crippen LogP contribution in [0.3, 0.4) is 0 Å². The Morgan fingerprint density at radius 1 is 1.43 bits per heavy atom. The fraction of sp³-hybridized carbons (Fsp3) is 0.412. The molecule has 1 amide bonds. The number of halogens is 1. The van der Waals surface area contributed by atoms with Crippen molar-refractivity contribution in [3.05, 3.63) is 53.1 Å². The molecule has 122 valence electrons. The van der Waals surface area contributed by atoms with Crippen LogP contribution in [0.1, 0.15) is 28.0 Å². The van der Waals surface area contributed by atoms with Crippen molar-refractivity contribution in [2.24, 2.45) is 7.05 Å². The van der Waals surface area contributed by atoms with E-state index in [1.54, 1.807) is 42.1 Å². The van der Waals surface area contributed by atoms with Crippen LogP contribution in [0.4, 0.5) is 4.39 Å². The number of likely N-dealkylation sites (tertiary alicyclic amines) is 1. The minimum Gasteiger partial charge on any atom is -0.378 e. The Morgan fingerprint density at radius 3 is 2.87 bits per heavy atom. The summed E-state index contributed by atoms with van der Waals surface area (Å²) >= 11 is 0. The highest BCUT2D eigenvalue weighted by Gasteiger charge is 2.34. The van der Waals surface area contributed by atoms with E-state index < -0.39 is 0 Å². The molecule has 1 aromatic heterocycles. The molecule has 1 aliphatic heterocycles. The number of methoxy groups -OCH3 is 1. The average molecular weight is 317 g/mol. The molecule has 0 saturated carbocycles. The molecule has 1 unspecified atom stereocenters. The van der Waals surface area contributed by atoms with E-state index in [0.717, 1.165) is 12.1 Å². The summed E-state index contributed by atoms with van der Waals surface area (Å²) < 4.78 is 20.6. The lowest BCUT2D eigenvalue weighted by Crippen LogP contribution is -2.52. The van der Waals surface area contributed by atoms with Gasteiger partial charge < -0.3 is 9.64 Å². The van der Waals surface area contributed by atoms with Gasteiger partial charge in [-0.15, -0.1) is 0 Å². The fourth-order valence-electron chi connectivity index (χ4n) is 2.94. The van der Waals surface area contributed by atoms with Crippen molar-refractivity contribution in [3.8, 4) is 0 Å². The number of aryl methyl sites for hydroxylation is 1. The third kappa shape index (κ3) is 2.99. The third-order valence-corrected chi connectivity index (χ3v) is 4.39. The fourth-order valence-corrected chi connectivity index (χ4v) is 2.94. The predicted octanol–water partition coefficient (Wildman–Crippen LogP) is 2.16. The smallest absolute Gasteiger partial charge is 0.257 e. The SMILES string of the molecule is COCc1c(C(=O)N2CCC2Cc2ccccc2F)cnn1C. The number of ether oxygens (including phenoxy) is 1. The van der Waals surface area contributed by atoms with Crippen molar-refractivity contribution in [2.75, 3.05) is 13.7 Å². The number of carbonyl (C=O) groups excluding carboxylic acids is 1. The zero-order chi connectivity index (χ0) is 16.4. The summed E-state index contributed by atoms with van der Waals surface area (Å²) in [5, 5.41) is 4.15. The first-order valence-corrected chi connectivity index (χ1v) is 7.66. The van der Waals surface area contributed by atoms with Crippen molar-refractivity contribution in [3.63, 3.8) is 0 Å². The summed E-state index contributed by atoms with van der Waals surface area (Å²) in [5.74, 6) is -0.272. The molecule has 3 rings (SSSR count). The molecule has 0 radical (unpaired) electrons. The molecule has 6 heteroatoms. The van der Waals surface area contributed by atoms with E-state index in [9.17, 15) is 9.18 Å². The van der Waals surface area contributed by atoms with Crippen LogP contribution in [-0.2, 0) is 24.8 Å². The van der Waals surface area contributed by atoms with Gasteiger partial charge in [0.25, 0.3) is 5.91 Å². The highest BCUT2D eigenvalue weighted by Crippen LogP contribution is 2.26. The molecular weight excluding hydrogens is 297 g/mol. The van der Waals surface area contributed by atoms with Crippen molar-refractivity contribution in [2.45, 2.75) is 25.5 Å². The minimum absolute atomic E-state index is 0.0370. The van der Waals surface area contributed by atoms with Crippen molar-refractivity contribution >= 4 is 5.91 Å². The molecule has 0 N–H and O–H groups in total. The van der Waals surface area contributed by atoms with Crippen LogP contribution in [0.25, 0.3) is 0 Å². The normalized spacial score (nSPS) is 17.2. The Morgan fingerprint density at radius 2 is 2.22 bits per heavy atom. The van der Waals surface area contributed by atoms with Gasteiger partial charge in [-0.2, -0.15) is 5.10 Å². The summed E-state index contributed by atoms with van der Waals surface area (Å²) in [7, 11) is 3.38. The van der Waals surface area contributed by atoms with Crippen LogP contribution < -0.4 is 0 Å². The molecule has 2 aromatic rings. The summed E-state index contributed by atoms with van der Waals surface area (Å²) in [5.41, 5.74) is 1.97. The molecule has 1 saturated heterocycles. The maximum absolute atomic E-state index is 13.8. The van der Waals surface area contributed by atoms with E-state index in [2.05, 4.69) is 5.10 Å². The number of aromatic nitrogens is 2. The van der Waals surface area contributed by atoms with Gasteiger partial charge in [-0.25, -0.2) is 4.39 Å². The van der Waals surface area contributed by atoms with Gasteiger partial charge in [-0.1, -0.05) is 18.2 Å². The van der Waals surface area contributed by atoms with E-state index in [4.69, 9.17) is 4.74 Å². The van der Waals surface area contributed by atoms with Gasteiger partial charge in [-0.05, 0) is 24.5 Å². The second-order valence-corrected chi connectivity index (χ2v) is 5.80. The zero-order valence-electron chi connectivity index (χ0n) is 13.3. The molecule has 23 heavy (non-hydrogen) atoms. The Hall–Kier alpha value is -2.21. The maximum Gasteiger partial charge on any atom is 0.257 e.